The van der Waals surface area contributed by atoms with Gasteiger partial charge in [-0.05, 0) is 48.9 Å². The lowest BCUT2D eigenvalue weighted by Crippen LogP contribution is -2.73. The normalized spacial score (nSPS) is 25.6. The smallest absolute Gasteiger partial charge is 0.344 e. The number of allylic oxidation sites excluding steroid dienone is 2. The average molecular weight is 816 g/mol. The first-order valence-electron chi connectivity index (χ1n) is 18.7. The number of nitrogens with two attached hydrogens (primary N) is 1. The number of aliphatic hydroxyl groups is 2. The van der Waals surface area contributed by atoms with Crippen molar-refractivity contribution in [3.8, 4) is 11.5 Å². The maximum absolute atomic E-state index is 14.7. The van der Waals surface area contributed by atoms with Crippen molar-refractivity contribution in [2.75, 3.05) is 34.5 Å². The first kappa shape index (κ1) is 42.8. The third-order valence-electron chi connectivity index (χ3n) is 11.2. The van der Waals surface area contributed by atoms with Crippen LogP contribution in [0.5, 0.6) is 11.5 Å². The second kappa shape index (κ2) is 16.5. The van der Waals surface area contributed by atoms with E-state index >= 15 is 0 Å². The van der Waals surface area contributed by atoms with Crippen LogP contribution in [-0.4, -0.2) is 109 Å². The van der Waals surface area contributed by atoms with E-state index in [4.69, 9.17) is 34.2 Å². The van der Waals surface area contributed by atoms with Gasteiger partial charge in [0.2, 0.25) is 17.3 Å². The van der Waals surface area contributed by atoms with Crippen LogP contribution < -0.4 is 10.5 Å². The molecule has 1 heterocycles. The monoisotopic (exact) mass is 815 g/mol. The maximum atomic E-state index is 14.7. The van der Waals surface area contributed by atoms with E-state index in [1.54, 1.807) is 37.4 Å². The molecule has 0 amide bonds. The number of carbonyl (C=O) groups excluding carboxylic acids is 6. The molecule has 6 atom stereocenters. The van der Waals surface area contributed by atoms with Gasteiger partial charge in [0.25, 0.3) is 0 Å². The molecule has 0 spiro atoms. The molecule has 3 aliphatic carbocycles. The highest BCUT2D eigenvalue weighted by atomic mass is 16.6. The highest BCUT2D eigenvalue weighted by Gasteiger charge is 2.73. The molecule has 0 aromatic heterocycles. The predicted octanol–water partition coefficient (Wildman–Crippen LogP) is 2.85. The SMILES string of the molecule is COC(=O)c1c(C)cc2c(c1OCC(=O)OCc1ccccc1)[C@]1(O)C(=O)c3cc4c(c(O)c3C(=O)[C@]1(OC)C(O)C2)C(=O)C=C(N)C4=O.COC1C[C@@H](C)CO[C@H]1C. The van der Waals surface area contributed by atoms with Crippen LogP contribution in [0.3, 0.4) is 0 Å². The number of Topliss-reactive ketones (excluding diaryl/α,β-unsaturated/α-hetero) is 3. The molecule has 1 saturated heterocycles. The number of carbonyl (C=O) groups is 6. The summed E-state index contributed by atoms with van der Waals surface area (Å²) in [5.74, 6) is -7.40. The summed E-state index contributed by atoms with van der Waals surface area (Å²) in [5, 5.41) is 35.5. The highest BCUT2D eigenvalue weighted by Crippen LogP contribution is 2.57. The zero-order valence-electron chi connectivity index (χ0n) is 33.3. The van der Waals surface area contributed by atoms with E-state index < -0.39 is 110 Å². The van der Waals surface area contributed by atoms with Gasteiger partial charge in [-0.1, -0.05) is 43.3 Å². The zero-order valence-corrected chi connectivity index (χ0v) is 33.3. The van der Waals surface area contributed by atoms with Crippen LogP contribution in [0.1, 0.15) is 94.3 Å². The molecule has 1 fully saturated rings. The van der Waals surface area contributed by atoms with Crippen molar-refractivity contribution >= 4 is 35.1 Å². The van der Waals surface area contributed by atoms with Gasteiger partial charge in [-0.3, -0.25) is 19.2 Å². The average Bonchev–Trinajstić information content (AvgIpc) is 3.21. The van der Waals surface area contributed by atoms with Crippen molar-refractivity contribution in [3.63, 3.8) is 0 Å². The first-order valence-corrected chi connectivity index (χ1v) is 18.7. The van der Waals surface area contributed by atoms with Gasteiger partial charge in [0, 0.05) is 50.0 Å². The molecule has 16 heteroatoms. The number of phenols is 1. The van der Waals surface area contributed by atoms with E-state index in [0.717, 1.165) is 39.4 Å². The van der Waals surface area contributed by atoms with Gasteiger partial charge < -0.3 is 49.5 Å². The van der Waals surface area contributed by atoms with Crippen LogP contribution in [0, 0.1) is 12.8 Å². The summed E-state index contributed by atoms with van der Waals surface area (Å²) in [6.07, 6.45) is 0.0576. The Labute approximate surface area is 338 Å². The molecule has 3 aromatic carbocycles. The van der Waals surface area contributed by atoms with E-state index in [1.165, 1.54) is 13.0 Å². The quantitative estimate of drug-likeness (QED) is 0.239. The number of rotatable bonds is 8. The molecule has 0 radical (unpaired) electrons. The Morgan fingerprint density at radius 2 is 1.68 bits per heavy atom. The van der Waals surface area contributed by atoms with Crippen molar-refractivity contribution in [1.82, 2.24) is 0 Å². The molecule has 59 heavy (non-hydrogen) atoms. The minimum atomic E-state index is -3.22. The summed E-state index contributed by atoms with van der Waals surface area (Å²) in [5.41, 5.74) is -3.49. The van der Waals surface area contributed by atoms with Crippen LogP contribution in [0.4, 0.5) is 0 Å². The zero-order chi connectivity index (χ0) is 43.1. The summed E-state index contributed by atoms with van der Waals surface area (Å²) in [7, 11) is 3.75. The third kappa shape index (κ3) is 6.99. The molecule has 2 unspecified atom stereocenters. The number of hydrogen-bond donors (Lipinski definition) is 4. The Kier molecular flexibility index (Phi) is 11.9. The van der Waals surface area contributed by atoms with E-state index in [2.05, 4.69) is 13.8 Å². The maximum Gasteiger partial charge on any atom is 0.344 e. The Balaban J connectivity index is 0.000000512. The largest absolute Gasteiger partial charge is 0.506 e. The lowest BCUT2D eigenvalue weighted by Gasteiger charge is -2.53. The molecular weight excluding hydrogens is 770 g/mol. The summed E-state index contributed by atoms with van der Waals surface area (Å²) in [6, 6.07) is 10.9. The van der Waals surface area contributed by atoms with Crippen LogP contribution in [0.15, 0.2) is 54.2 Å². The van der Waals surface area contributed by atoms with Gasteiger partial charge in [0.15, 0.2) is 23.6 Å². The minimum absolute atomic E-state index is 0.0331. The number of hydrogen-bond acceptors (Lipinski definition) is 16. The number of fused-ring (bicyclic) bond motifs is 5. The lowest BCUT2D eigenvalue weighted by atomic mass is 9.56. The lowest BCUT2D eigenvalue weighted by molar-refractivity contribution is -0.181. The highest BCUT2D eigenvalue weighted by molar-refractivity contribution is 6.30. The van der Waals surface area contributed by atoms with Crippen molar-refractivity contribution < 1.29 is 72.5 Å². The van der Waals surface area contributed by atoms with Crippen LogP contribution in [-0.2, 0) is 47.1 Å². The number of esters is 2. The Hall–Kier alpha value is -5.78. The molecule has 0 saturated carbocycles. The number of ketones is 4. The van der Waals surface area contributed by atoms with Crippen molar-refractivity contribution in [1.29, 1.82) is 0 Å². The summed E-state index contributed by atoms with van der Waals surface area (Å²) in [4.78, 5) is 81.0. The molecule has 1 aliphatic heterocycles. The topological polar surface area (TPSA) is 245 Å². The van der Waals surface area contributed by atoms with Crippen LogP contribution in [0.25, 0.3) is 0 Å². The number of aryl methyl sites for hydroxylation is 1. The molecule has 16 nitrogen and oxygen atoms in total. The van der Waals surface area contributed by atoms with Gasteiger partial charge >= 0.3 is 11.9 Å². The van der Waals surface area contributed by atoms with Gasteiger partial charge in [-0.2, -0.15) is 0 Å². The fourth-order valence-corrected chi connectivity index (χ4v) is 8.27. The van der Waals surface area contributed by atoms with Crippen molar-refractivity contribution in [2.24, 2.45) is 11.7 Å². The summed E-state index contributed by atoms with van der Waals surface area (Å²) < 4.78 is 32.4. The van der Waals surface area contributed by atoms with Gasteiger partial charge in [0.05, 0.1) is 42.2 Å². The van der Waals surface area contributed by atoms with E-state index in [0.29, 0.717) is 17.6 Å². The molecule has 312 valence electrons. The predicted molar refractivity (Wildman–Crippen MR) is 205 cm³/mol. The minimum Gasteiger partial charge on any atom is -0.506 e. The number of aliphatic hydroxyl groups excluding tert-OH is 1. The number of aromatic hydroxyl groups is 1. The second-order valence-corrected chi connectivity index (χ2v) is 14.9. The van der Waals surface area contributed by atoms with Crippen molar-refractivity contribution in [3.05, 3.63) is 104 Å². The molecule has 7 rings (SSSR count). The first-order chi connectivity index (χ1) is 28.0. The number of ether oxygens (including phenoxy) is 6. The van der Waals surface area contributed by atoms with E-state index in [1.807, 2.05) is 0 Å². The number of phenolic OH excluding ortho intramolecular Hbond substituents is 1. The van der Waals surface area contributed by atoms with E-state index in [9.17, 15) is 44.1 Å². The Bertz CT molecular complexity index is 2280. The van der Waals surface area contributed by atoms with E-state index in [-0.39, 0.29) is 29.4 Å². The fraction of sp³-hybridized carbons (Fsp3) is 0.395. The third-order valence-corrected chi connectivity index (χ3v) is 11.2. The number of benzene rings is 3. The fourth-order valence-electron chi connectivity index (χ4n) is 8.27. The van der Waals surface area contributed by atoms with Crippen molar-refractivity contribution in [2.45, 2.75) is 69.7 Å². The number of methoxy groups -OCH3 is 3. The summed E-state index contributed by atoms with van der Waals surface area (Å²) in [6.45, 7) is 5.66. The molecule has 5 N–H and O–H groups in total. The van der Waals surface area contributed by atoms with Gasteiger partial charge in [-0.15, -0.1) is 0 Å². The standard InChI is InChI=1S/C35H29NO13.C8H16O2/c1-15-9-17-10-22(38)35(47-3)32(43)26-19(11-18-25(29(26)41)21(37)12-20(36)28(18)40)31(42)34(35,45)27(17)30(24(15)33(44)46-2)49-14-23(39)48-13-16-7-5-4-6-8-16;1-6-4-8(9-3)7(2)10-5-6/h4-9,11-12,22,38,41,45H,10,13-14,36H2,1-3H3;6-8H,4-5H2,1-3H3/t22?,34-,35+;6-,7+,8?/m01/s1. The molecular formula is C43H45NO15. The van der Waals surface area contributed by atoms with Crippen LogP contribution >= 0.6 is 0 Å². The molecule has 3 aromatic rings. The van der Waals surface area contributed by atoms with Crippen LogP contribution in [0.2, 0.25) is 0 Å². The molecule has 0 bridgehead atoms. The van der Waals surface area contributed by atoms with Gasteiger partial charge in [0.1, 0.15) is 23.7 Å². The Morgan fingerprint density at radius 3 is 2.31 bits per heavy atom. The molecule has 4 aliphatic rings. The summed E-state index contributed by atoms with van der Waals surface area (Å²) >= 11 is 0. The van der Waals surface area contributed by atoms with Gasteiger partial charge in [-0.25, -0.2) is 9.59 Å². The Morgan fingerprint density at radius 1 is 0.983 bits per heavy atom. The second-order valence-electron chi connectivity index (χ2n) is 14.9.